The number of halogens is 1. The molecule has 9 heteroatoms. The van der Waals surface area contributed by atoms with Crippen molar-refractivity contribution in [3.05, 3.63) is 98.9 Å². The summed E-state index contributed by atoms with van der Waals surface area (Å²) >= 11 is 4.34. The van der Waals surface area contributed by atoms with Crippen LogP contribution in [0.5, 0.6) is 0 Å². The van der Waals surface area contributed by atoms with Crippen LogP contribution in [0.2, 0.25) is 0 Å². The van der Waals surface area contributed by atoms with Crippen LogP contribution in [0.4, 0.5) is 4.79 Å². The van der Waals surface area contributed by atoms with Crippen molar-refractivity contribution in [2.24, 2.45) is 0 Å². The molecule has 5 rings (SSSR count). The first-order valence-electron chi connectivity index (χ1n) is 11.8. The number of carbonyl (C=O) groups excluding carboxylic acids is 3. The largest absolute Gasteiger partial charge is 0.467 e. The average Bonchev–Trinajstić information content (AvgIpc) is 3.60. The number of nitrogens with one attached hydrogen (secondary N) is 1. The summed E-state index contributed by atoms with van der Waals surface area (Å²) in [6.45, 7) is 2.71. The van der Waals surface area contributed by atoms with E-state index in [0.717, 1.165) is 50.2 Å². The first-order valence-corrected chi connectivity index (χ1v) is 13.4. The molecule has 0 saturated carbocycles. The maximum absolute atomic E-state index is 13.2. The van der Waals surface area contributed by atoms with Crippen LogP contribution in [0.3, 0.4) is 0 Å². The molecule has 0 unspecified atom stereocenters. The number of thioether (sulfide) groups is 1. The van der Waals surface area contributed by atoms with E-state index in [1.54, 1.807) is 18.4 Å². The molecule has 1 aliphatic rings. The van der Waals surface area contributed by atoms with Gasteiger partial charge in [-0.15, -0.1) is 0 Å². The van der Waals surface area contributed by atoms with Crippen LogP contribution in [0.25, 0.3) is 17.0 Å². The average molecular weight is 578 g/mol. The molecule has 3 heterocycles. The van der Waals surface area contributed by atoms with Gasteiger partial charge in [-0.1, -0.05) is 53.2 Å². The van der Waals surface area contributed by atoms with Crippen molar-refractivity contribution in [1.82, 2.24) is 14.8 Å². The van der Waals surface area contributed by atoms with Gasteiger partial charge in [-0.25, -0.2) is 0 Å². The van der Waals surface area contributed by atoms with E-state index in [1.165, 1.54) is 4.90 Å². The van der Waals surface area contributed by atoms with Crippen LogP contribution in [-0.2, 0) is 35.6 Å². The van der Waals surface area contributed by atoms with E-state index in [9.17, 15) is 14.4 Å². The molecule has 0 aliphatic carbocycles. The molecule has 3 amide bonds. The highest BCUT2D eigenvalue weighted by molar-refractivity contribution is 9.10. The van der Waals surface area contributed by atoms with Crippen molar-refractivity contribution < 1.29 is 18.8 Å². The summed E-state index contributed by atoms with van der Waals surface area (Å²) in [4.78, 5) is 40.2. The van der Waals surface area contributed by atoms with Crippen molar-refractivity contribution in [1.29, 1.82) is 0 Å². The third-order valence-electron chi connectivity index (χ3n) is 6.16. The van der Waals surface area contributed by atoms with Gasteiger partial charge in [0.15, 0.2) is 0 Å². The van der Waals surface area contributed by atoms with E-state index in [2.05, 4.69) is 28.2 Å². The molecular weight excluding hydrogens is 554 g/mol. The van der Waals surface area contributed by atoms with Crippen LogP contribution in [0, 0.1) is 0 Å². The second-order valence-electron chi connectivity index (χ2n) is 8.63. The normalized spacial score (nSPS) is 14.8. The van der Waals surface area contributed by atoms with Gasteiger partial charge in [-0.3, -0.25) is 19.3 Å². The highest BCUT2D eigenvalue weighted by Gasteiger charge is 2.35. The fraction of sp³-hybridized carbons (Fsp3) is 0.179. The molecule has 2 aromatic heterocycles. The number of hydrogen-bond donors (Lipinski definition) is 1. The van der Waals surface area contributed by atoms with Crippen molar-refractivity contribution in [3.8, 4) is 0 Å². The van der Waals surface area contributed by atoms with E-state index in [1.807, 2.05) is 59.3 Å². The number of nitrogens with zero attached hydrogens (tertiary/aromatic N) is 2. The Morgan fingerprint density at radius 1 is 1.11 bits per heavy atom. The number of benzene rings is 2. The van der Waals surface area contributed by atoms with Crippen molar-refractivity contribution in [3.63, 3.8) is 0 Å². The Kier molecular flexibility index (Phi) is 7.34. The van der Waals surface area contributed by atoms with Gasteiger partial charge in [0.2, 0.25) is 5.91 Å². The van der Waals surface area contributed by atoms with Crippen LogP contribution < -0.4 is 5.32 Å². The van der Waals surface area contributed by atoms with Gasteiger partial charge < -0.3 is 14.3 Å². The molecular formula is C28H24BrN3O4S. The number of rotatable bonds is 8. The number of imide groups is 1. The molecule has 1 saturated heterocycles. The van der Waals surface area contributed by atoms with E-state index >= 15 is 0 Å². The zero-order valence-electron chi connectivity index (χ0n) is 20.1. The minimum Gasteiger partial charge on any atom is -0.467 e. The Morgan fingerprint density at radius 3 is 2.65 bits per heavy atom. The van der Waals surface area contributed by atoms with Crippen molar-refractivity contribution in [2.45, 2.75) is 33.0 Å². The quantitative estimate of drug-likeness (QED) is 0.255. The first kappa shape index (κ1) is 25.1. The molecule has 2 aromatic carbocycles. The number of para-hydroxylation sites is 1. The Bertz CT molecular complexity index is 1510. The lowest BCUT2D eigenvalue weighted by molar-refractivity contribution is -0.123. The molecule has 0 spiro atoms. The molecule has 1 aliphatic heterocycles. The SMILES string of the molecule is CCc1cccc2c(/C=C3\SC(=O)N(Cc4ccc(Br)cc4)C3=O)cn(CC(=O)NCc3ccco3)c12. The lowest BCUT2D eigenvalue weighted by Crippen LogP contribution is -2.27. The number of amides is 3. The highest BCUT2D eigenvalue weighted by Crippen LogP contribution is 2.35. The van der Waals surface area contributed by atoms with Crippen molar-refractivity contribution in [2.75, 3.05) is 0 Å². The molecule has 37 heavy (non-hydrogen) atoms. The van der Waals surface area contributed by atoms with Crippen molar-refractivity contribution >= 4 is 61.7 Å². The molecule has 4 aromatic rings. The fourth-order valence-electron chi connectivity index (χ4n) is 4.35. The first-order chi connectivity index (χ1) is 17.9. The molecule has 7 nitrogen and oxygen atoms in total. The summed E-state index contributed by atoms with van der Waals surface area (Å²) in [5, 5.41) is 3.51. The Balaban J connectivity index is 1.42. The molecule has 0 atom stereocenters. The van der Waals surface area contributed by atoms with Gasteiger partial charge in [0, 0.05) is 21.6 Å². The van der Waals surface area contributed by atoms with E-state index in [4.69, 9.17) is 4.42 Å². The number of aromatic nitrogens is 1. The summed E-state index contributed by atoms with van der Waals surface area (Å²) in [6, 6.07) is 17.1. The summed E-state index contributed by atoms with van der Waals surface area (Å²) in [5.74, 6) is 0.210. The highest BCUT2D eigenvalue weighted by atomic mass is 79.9. The molecule has 0 radical (unpaired) electrons. The second-order valence-corrected chi connectivity index (χ2v) is 10.5. The maximum Gasteiger partial charge on any atom is 0.293 e. The van der Waals surface area contributed by atoms with Gasteiger partial charge in [0.25, 0.3) is 11.1 Å². The van der Waals surface area contributed by atoms with E-state index in [0.29, 0.717) is 17.2 Å². The van der Waals surface area contributed by atoms with Gasteiger partial charge >= 0.3 is 0 Å². The maximum atomic E-state index is 13.2. The van der Waals surface area contributed by atoms with Crippen LogP contribution in [0.15, 0.2) is 80.9 Å². The third-order valence-corrected chi connectivity index (χ3v) is 7.60. The molecule has 1 N–H and O–H groups in total. The zero-order valence-corrected chi connectivity index (χ0v) is 22.5. The van der Waals surface area contributed by atoms with Crippen LogP contribution in [0.1, 0.15) is 29.4 Å². The number of furan rings is 1. The number of carbonyl (C=O) groups is 3. The second kappa shape index (κ2) is 10.8. The Morgan fingerprint density at radius 2 is 1.92 bits per heavy atom. The van der Waals surface area contributed by atoms with E-state index < -0.39 is 0 Å². The topological polar surface area (TPSA) is 84.5 Å². The van der Waals surface area contributed by atoms with Gasteiger partial charge in [0.1, 0.15) is 12.3 Å². The van der Waals surface area contributed by atoms with Gasteiger partial charge in [-0.2, -0.15) is 0 Å². The predicted molar refractivity (Wildman–Crippen MR) is 148 cm³/mol. The third kappa shape index (κ3) is 5.42. The minimum absolute atomic E-state index is 0.118. The molecule has 188 valence electrons. The number of aryl methyl sites for hydroxylation is 1. The minimum atomic E-state index is -0.318. The molecule has 0 bridgehead atoms. The Labute approximate surface area is 226 Å². The summed E-state index contributed by atoms with van der Waals surface area (Å²) < 4.78 is 8.13. The monoisotopic (exact) mass is 577 g/mol. The summed E-state index contributed by atoms with van der Waals surface area (Å²) in [5.41, 5.74) is 3.70. The summed E-state index contributed by atoms with van der Waals surface area (Å²) in [6.07, 6.45) is 5.99. The lowest BCUT2D eigenvalue weighted by atomic mass is 10.1. The lowest BCUT2D eigenvalue weighted by Gasteiger charge is -2.12. The summed E-state index contributed by atoms with van der Waals surface area (Å²) in [7, 11) is 0. The van der Waals surface area contributed by atoms with Gasteiger partial charge in [-0.05, 0) is 59.7 Å². The van der Waals surface area contributed by atoms with E-state index in [-0.39, 0.29) is 30.1 Å². The Hall–Kier alpha value is -3.56. The standard InChI is InChI=1S/C28H24BrN3O4S/c1-2-19-5-3-7-23-20(16-31(26(19)23)17-25(33)30-14-22-6-4-12-36-22)13-24-27(34)32(28(35)37-24)15-18-8-10-21(29)11-9-18/h3-13,16H,2,14-15,17H2,1H3,(H,30,33)/b24-13-. The molecule has 1 fully saturated rings. The smallest absolute Gasteiger partial charge is 0.293 e. The van der Waals surface area contributed by atoms with Gasteiger partial charge in [0.05, 0.1) is 29.8 Å². The van der Waals surface area contributed by atoms with Crippen LogP contribution in [-0.4, -0.2) is 26.5 Å². The number of fused-ring (bicyclic) bond motifs is 1. The fourth-order valence-corrected chi connectivity index (χ4v) is 5.44. The predicted octanol–water partition coefficient (Wildman–Crippen LogP) is 6.11. The number of hydrogen-bond acceptors (Lipinski definition) is 5. The van der Waals surface area contributed by atoms with Crippen LogP contribution >= 0.6 is 27.7 Å². The zero-order chi connectivity index (χ0) is 25.9.